The van der Waals surface area contributed by atoms with Crippen molar-refractivity contribution in [3.63, 3.8) is 0 Å². The number of Topliss-reactive ketones (excluding diaryl/α,β-unsaturated/α-hetero) is 1. The number of hydrogen-bond acceptors (Lipinski definition) is 6. The lowest BCUT2D eigenvalue weighted by molar-refractivity contribution is 0.0873. The molecule has 0 atom stereocenters. The Morgan fingerprint density at radius 1 is 1.26 bits per heavy atom. The Balaban J connectivity index is 0.00000364. The molecule has 0 amide bonds. The summed E-state index contributed by atoms with van der Waals surface area (Å²) in [6.45, 7) is 10.1. The van der Waals surface area contributed by atoms with E-state index in [4.69, 9.17) is 9.47 Å². The summed E-state index contributed by atoms with van der Waals surface area (Å²) in [4.78, 5) is 27.0. The van der Waals surface area contributed by atoms with Crippen LogP contribution in [0.5, 0.6) is 11.6 Å². The number of halogens is 1. The summed E-state index contributed by atoms with van der Waals surface area (Å²) in [5, 5.41) is 13.7. The maximum atomic E-state index is 12.5. The molecule has 7 nitrogen and oxygen atoms in total. The van der Waals surface area contributed by atoms with E-state index in [2.05, 4.69) is 10.3 Å². The van der Waals surface area contributed by atoms with Crippen LogP contribution in [0.1, 0.15) is 45.0 Å². The fraction of sp³-hybridized carbons (Fsp3) is 0.474. The highest BCUT2D eigenvalue weighted by molar-refractivity contribution is 6.10. The van der Waals surface area contributed by atoms with Gasteiger partial charge < -0.3 is 24.9 Å². The summed E-state index contributed by atoms with van der Waals surface area (Å²) in [6.07, 6.45) is -0.841. The van der Waals surface area contributed by atoms with Gasteiger partial charge in [-0.3, -0.25) is 4.79 Å². The van der Waals surface area contributed by atoms with Gasteiger partial charge in [-0.25, -0.2) is 4.79 Å². The second kappa shape index (κ2) is 9.10. The molecule has 2 aromatic rings. The number of fused-ring (bicyclic) bond motifs is 1. The lowest BCUT2D eigenvalue weighted by Crippen LogP contribution is -2.39. The Labute approximate surface area is 164 Å². The summed E-state index contributed by atoms with van der Waals surface area (Å²) in [6, 6.07) is 4.50. The van der Waals surface area contributed by atoms with Gasteiger partial charge >= 0.3 is 6.16 Å². The molecule has 8 heteroatoms. The molecule has 0 unspecified atom stereocenters. The molecule has 0 aliphatic rings. The Bertz CT molecular complexity index is 808. The van der Waals surface area contributed by atoms with Crippen LogP contribution in [-0.2, 0) is 4.74 Å². The first-order valence-electron chi connectivity index (χ1n) is 8.54. The van der Waals surface area contributed by atoms with Crippen molar-refractivity contribution in [2.75, 3.05) is 13.2 Å². The van der Waals surface area contributed by atoms with Crippen molar-refractivity contribution < 1.29 is 24.2 Å². The molecule has 0 bridgehead atoms. The number of nitrogens with one attached hydrogen (secondary N) is 2. The molecule has 0 fully saturated rings. The minimum absolute atomic E-state index is 0. The van der Waals surface area contributed by atoms with Crippen LogP contribution in [0, 0.1) is 5.92 Å². The Hall–Kier alpha value is -2.25. The second-order valence-corrected chi connectivity index (χ2v) is 7.64. The summed E-state index contributed by atoms with van der Waals surface area (Å²) < 4.78 is 10.1. The van der Waals surface area contributed by atoms with Gasteiger partial charge in [0.1, 0.15) is 5.75 Å². The first-order chi connectivity index (χ1) is 12.1. The number of carbonyl (C=O) groups is 2. The van der Waals surface area contributed by atoms with Crippen molar-refractivity contribution in [1.82, 2.24) is 10.3 Å². The smallest absolute Gasteiger partial charge is 0.506 e. The lowest BCUT2D eigenvalue weighted by atomic mass is 10.0. The summed E-state index contributed by atoms with van der Waals surface area (Å²) in [5.74, 6) is 0.130. The molecule has 1 aromatic heterocycles. The first-order valence-corrected chi connectivity index (χ1v) is 8.54. The molecular weight excluding hydrogens is 372 g/mol. The SMILES string of the molecule is CC(C)COC(=O)Oc1cc2c(C(=O)CNC(C)(C)C)ccc(O)c2[nH]1.Cl. The minimum Gasteiger partial charge on any atom is -0.506 e. The average molecular weight is 399 g/mol. The van der Waals surface area contributed by atoms with Crippen molar-refractivity contribution in [2.24, 2.45) is 5.92 Å². The third kappa shape index (κ3) is 6.45. The van der Waals surface area contributed by atoms with E-state index in [0.29, 0.717) is 16.5 Å². The van der Waals surface area contributed by atoms with Crippen LogP contribution >= 0.6 is 12.4 Å². The number of hydrogen-bond donors (Lipinski definition) is 3. The van der Waals surface area contributed by atoms with E-state index in [0.717, 1.165) is 0 Å². The van der Waals surface area contributed by atoms with E-state index in [-0.39, 0.29) is 54.4 Å². The number of ether oxygens (including phenoxy) is 2. The highest BCUT2D eigenvalue weighted by Crippen LogP contribution is 2.31. The van der Waals surface area contributed by atoms with Gasteiger partial charge in [-0.05, 0) is 38.8 Å². The van der Waals surface area contributed by atoms with Gasteiger partial charge in [-0.15, -0.1) is 12.4 Å². The van der Waals surface area contributed by atoms with Crippen LogP contribution in [0.2, 0.25) is 0 Å². The van der Waals surface area contributed by atoms with Gasteiger partial charge in [0.05, 0.1) is 18.7 Å². The predicted octanol–water partition coefficient (Wildman–Crippen LogP) is 4.04. The Morgan fingerprint density at radius 3 is 2.52 bits per heavy atom. The molecule has 3 N–H and O–H groups in total. The Morgan fingerprint density at radius 2 is 1.93 bits per heavy atom. The maximum Gasteiger partial charge on any atom is 0.515 e. The van der Waals surface area contributed by atoms with Crippen molar-refractivity contribution in [3.8, 4) is 11.6 Å². The molecule has 1 heterocycles. The normalized spacial score (nSPS) is 11.3. The number of benzene rings is 1. The molecule has 0 saturated heterocycles. The van der Waals surface area contributed by atoms with E-state index in [1.54, 1.807) is 6.07 Å². The van der Waals surface area contributed by atoms with Crippen molar-refractivity contribution in [3.05, 3.63) is 23.8 Å². The number of phenolic OH excluding ortho intramolecular Hbond substituents is 1. The standard InChI is InChI=1S/C19H26N2O5.ClH/c1-11(2)10-25-18(24)26-16-8-13-12(6-7-14(22)17(13)21-16)15(23)9-20-19(3,4)5;/h6-8,11,20-22H,9-10H2,1-5H3;1H. The second-order valence-electron chi connectivity index (χ2n) is 7.64. The molecule has 1 aromatic carbocycles. The Kier molecular flexibility index (Phi) is 7.68. The van der Waals surface area contributed by atoms with Gasteiger partial charge in [0.25, 0.3) is 0 Å². The highest BCUT2D eigenvalue weighted by Gasteiger charge is 2.19. The molecule has 2 rings (SSSR count). The zero-order valence-electron chi connectivity index (χ0n) is 16.2. The topological polar surface area (TPSA) is 101 Å². The summed E-state index contributed by atoms with van der Waals surface area (Å²) >= 11 is 0. The van der Waals surface area contributed by atoms with Crippen LogP contribution < -0.4 is 10.1 Å². The molecular formula is C19H27ClN2O5. The van der Waals surface area contributed by atoms with Crippen molar-refractivity contribution in [1.29, 1.82) is 0 Å². The van der Waals surface area contributed by atoms with Crippen LogP contribution in [0.4, 0.5) is 4.79 Å². The van der Waals surface area contributed by atoms with Crippen molar-refractivity contribution >= 4 is 35.2 Å². The zero-order chi connectivity index (χ0) is 19.5. The van der Waals surface area contributed by atoms with E-state index >= 15 is 0 Å². The number of ketones is 1. The number of aromatic nitrogens is 1. The number of aromatic hydroxyl groups is 1. The highest BCUT2D eigenvalue weighted by atomic mass is 35.5. The quantitative estimate of drug-likeness (QED) is 0.501. The van der Waals surface area contributed by atoms with Crippen molar-refractivity contribution in [2.45, 2.75) is 40.2 Å². The van der Waals surface area contributed by atoms with Gasteiger partial charge in [-0.1, -0.05) is 13.8 Å². The average Bonchev–Trinajstić information content (AvgIpc) is 2.94. The largest absolute Gasteiger partial charge is 0.515 e. The van der Waals surface area contributed by atoms with Crippen LogP contribution in [0.15, 0.2) is 18.2 Å². The fourth-order valence-corrected chi connectivity index (χ4v) is 2.27. The van der Waals surface area contributed by atoms with Crippen LogP contribution in [0.3, 0.4) is 0 Å². The van der Waals surface area contributed by atoms with Gasteiger partial charge in [0, 0.05) is 22.6 Å². The van der Waals surface area contributed by atoms with Gasteiger partial charge in [-0.2, -0.15) is 0 Å². The third-order valence-electron chi connectivity index (χ3n) is 3.55. The third-order valence-corrected chi connectivity index (χ3v) is 3.55. The number of carbonyl (C=O) groups excluding carboxylic acids is 2. The number of aromatic amines is 1. The predicted molar refractivity (Wildman–Crippen MR) is 106 cm³/mol. The molecule has 27 heavy (non-hydrogen) atoms. The molecule has 0 aliphatic carbocycles. The summed E-state index contributed by atoms with van der Waals surface area (Å²) in [5.41, 5.74) is 0.563. The molecule has 150 valence electrons. The number of rotatable bonds is 6. The maximum absolute atomic E-state index is 12.5. The van der Waals surface area contributed by atoms with E-state index in [1.165, 1.54) is 12.1 Å². The van der Waals surface area contributed by atoms with Gasteiger partial charge in [0.15, 0.2) is 5.78 Å². The monoisotopic (exact) mass is 398 g/mol. The first kappa shape index (κ1) is 22.8. The van der Waals surface area contributed by atoms with Crippen LogP contribution in [-0.4, -0.2) is 40.7 Å². The summed E-state index contributed by atoms with van der Waals surface area (Å²) in [7, 11) is 0. The minimum atomic E-state index is -0.841. The molecule has 0 radical (unpaired) electrons. The number of H-pyrrole nitrogens is 1. The lowest BCUT2D eigenvalue weighted by Gasteiger charge is -2.19. The van der Waals surface area contributed by atoms with Gasteiger partial charge in [0.2, 0.25) is 5.88 Å². The van der Waals surface area contributed by atoms with E-state index in [9.17, 15) is 14.7 Å². The fourth-order valence-electron chi connectivity index (χ4n) is 2.27. The molecule has 0 spiro atoms. The molecule has 0 saturated carbocycles. The van der Waals surface area contributed by atoms with Crippen LogP contribution in [0.25, 0.3) is 10.9 Å². The molecule has 0 aliphatic heterocycles. The number of phenols is 1. The zero-order valence-corrected chi connectivity index (χ0v) is 17.0. The van der Waals surface area contributed by atoms with E-state index < -0.39 is 6.16 Å². The van der Waals surface area contributed by atoms with E-state index in [1.807, 2.05) is 34.6 Å².